The second kappa shape index (κ2) is 5.33. The van der Waals surface area contributed by atoms with Crippen LogP contribution < -0.4 is 0 Å². The van der Waals surface area contributed by atoms with Crippen LogP contribution in [0.1, 0.15) is 30.7 Å². The van der Waals surface area contributed by atoms with Gasteiger partial charge in [0.15, 0.2) is 0 Å². The van der Waals surface area contributed by atoms with Gasteiger partial charge in [0.2, 0.25) is 0 Å². The molecule has 1 aromatic carbocycles. The summed E-state index contributed by atoms with van der Waals surface area (Å²) in [7, 11) is 1.50. The summed E-state index contributed by atoms with van der Waals surface area (Å²) in [5.41, 5.74) is 1.39. The Morgan fingerprint density at radius 2 is 2.00 bits per heavy atom. The van der Waals surface area contributed by atoms with E-state index < -0.39 is 0 Å². The van der Waals surface area contributed by atoms with E-state index in [-0.39, 0.29) is 12.0 Å². The largest absolute Gasteiger partial charge is 0.468 e. The number of hydrogen-bond donors (Lipinski definition) is 0. The van der Waals surface area contributed by atoms with E-state index in [0.717, 1.165) is 19.5 Å². The summed E-state index contributed by atoms with van der Waals surface area (Å²) in [6.45, 7) is 2.00. The quantitative estimate of drug-likeness (QED) is 0.778. The third-order valence-electron chi connectivity index (χ3n) is 4.40. The molecule has 1 heterocycles. The van der Waals surface area contributed by atoms with Crippen molar-refractivity contribution < 1.29 is 9.53 Å². The Hall–Kier alpha value is -1.35. The number of carbonyl (C=O) groups excluding carboxylic acids is 1. The molecule has 2 fully saturated rings. The Balaban J connectivity index is 1.69. The smallest absolute Gasteiger partial charge is 0.323 e. The molecule has 2 aliphatic rings. The van der Waals surface area contributed by atoms with Gasteiger partial charge in [-0.3, -0.25) is 9.69 Å². The van der Waals surface area contributed by atoms with Crippen LogP contribution in [0.25, 0.3) is 0 Å². The molecule has 0 spiro atoms. The van der Waals surface area contributed by atoms with E-state index in [0.29, 0.717) is 11.8 Å². The number of ether oxygens (including phenoxy) is 1. The van der Waals surface area contributed by atoms with Crippen molar-refractivity contribution in [2.24, 2.45) is 5.92 Å². The lowest BCUT2D eigenvalue weighted by Gasteiger charge is -2.25. The van der Waals surface area contributed by atoms with Crippen LogP contribution >= 0.6 is 0 Å². The number of esters is 1. The van der Waals surface area contributed by atoms with E-state index in [2.05, 4.69) is 35.2 Å². The maximum absolute atomic E-state index is 12.0. The summed E-state index contributed by atoms with van der Waals surface area (Å²) in [5, 5.41) is 0. The van der Waals surface area contributed by atoms with Gasteiger partial charge in [-0.2, -0.15) is 0 Å². The fraction of sp³-hybridized carbons (Fsp3) is 0.562. The first-order valence-electron chi connectivity index (χ1n) is 7.16. The van der Waals surface area contributed by atoms with Crippen LogP contribution in [-0.4, -0.2) is 37.1 Å². The first kappa shape index (κ1) is 12.7. The van der Waals surface area contributed by atoms with Gasteiger partial charge >= 0.3 is 5.97 Å². The molecule has 0 N–H and O–H groups in total. The molecular formula is C16H21NO2. The fourth-order valence-electron chi connectivity index (χ4n) is 3.21. The minimum Gasteiger partial charge on any atom is -0.468 e. The molecule has 0 aromatic heterocycles. The Bertz CT molecular complexity index is 441. The minimum atomic E-state index is -0.0452. The van der Waals surface area contributed by atoms with Gasteiger partial charge < -0.3 is 4.74 Å². The standard InChI is InChI=1S/C16H21NO2/c1-19-16(18)15(13-7-8-13)17-10-9-14(11-17)12-5-3-2-4-6-12/h2-6,13-15H,7-11H2,1H3. The van der Waals surface area contributed by atoms with Crippen LogP contribution in [-0.2, 0) is 9.53 Å². The van der Waals surface area contributed by atoms with Crippen LogP contribution in [0.4, 0.5) is 0 Å². The highest BCUT2D eigenvalue weighted by molar-refractivity contribution is 5.76. The molecular weight excluding hydrogens is 238 g/mol. The molecule has 1 aliphatic carbocycles. The highest BCUT2D eigenvalue weighted by Crippen LogP contribution is 2.39. The molecule has 0 radical (unpaired) electrons. The lowest BCUT2D eigenvalue weighted by atomic mass is 9.99. The molecule has 1 aromatic rings. The SMILES string of the molecule is COC(=O)C(C1CC1)N1CCC(c2ccccc2)C1. The zero-order valence-corrected chi connectivity index (χ0v) is 11.4. The van der Waals surface area contributed by atoms with Crippen molar-refractivity contribution in [2.75, 3.05) is 20.2 Å². The second-order valence-corrected chi connectivity index (χ2v) is 5.70. The van der Waals surface area contributed by atoms with E-state index in [4.69, 9.17) is 4.74 Å². The highest BCUT2D eigenvalue weighted by Gasteiger charge is 2.43. The Labute approximate surface area is 114 Å². The van der Waals surface area contributed by atoms with Gasteiger partial charge in [-0.1, -0.05) is 30.3 Å². The van der Waals surface area contributed by atoms with Crippen LogP contribution in [0.3, 0.4) is 0 Å². The van der Waals surface area contributed by atoms with Gasteiger partial charge in [0.1, 0.15) is 6.04 Å². The summed E-state index contributed by atoms with van der Waals surface area (Å²) < 4.78 is 4.99. The number of carbonyl (C=O) groups is 1. The lowest BCUT2D eigenvalue weighted by molar-refractivity contribution is -0.147. The first-order chi connectivity index (χ1) is 9.29. The van der Waals surface area contributed by atoms with Crippen molar-refractivity contribution in [2.45, 2.75) is 31.2 Å². The zero-order chi connectivity index (χ0) is 13.2. The van der Waals surface area contributed by atoms with Crippen molar-refractivity contribution >= 4 is 5.97 Å². The molecule has 3 heteroatoms. The fourth-order valence-corrected chi connectivity index (χ4v) is 3.21. The normalized spacial score (nSPS) is 25.2. The van der Waals surface area contributed by atoms with Crippen molar-refractivity contribution in [3.63, 3.8) is 0 Å². The number of likely N-dealkylation sites (tertiary alicyclic amines) is 1. The van der Waals surface area contributed by atoms with Crippen molar-refractivity contribution in [3.05, 3.63) is 35.9 Å². The summed E-state index contributed by atoms with van der Waals surface area (Å²) in [6, 6.07) is 10.6. The lowest BCUT2D eigenvalue weighted by Crippen LogP contribution is -2.42. The Morgan fingerprint density at radius 3 is 2.63 bits per heavy atom. The second-order valence-electron chi connectivity index (χ2n) is 5.70. The molecule has 19 heavy (non-hydrogen) atoms. The van der Waals surface area contributed by atoms with E-state index in [1.807, 2.05) is 0 Å². The van der Waals surface area contributed by atoms with Crippen LogP contribution in [0, 0.1) is 5.92 Å². The van der Waals surface area contributed by atoms with Crippen LogP contribution in [0.15, 0.2) is 30.3 Å². The molecule has 102 valence electrons. The van der Waals surface area contributed by atoms with E-state index in [1.54, 1.807) is 0 Å². The first-order valence-corrected chi connectivity index (χ1v) is 7.16. The van der Waals surface area contributed by atoms with Crippen LogP contribution in [0.2, 0.25) is 0 Å². The summed E-state index contributed by atoms with van der Waals surface area (Å²) in [4.78, 5) is 14.3. The molecule has 2 unspecified atom stereocenters. The van der Waals surface area contributed by atoms with Gasteiger partial charge in [0.25, 0.3) is 0 Å². The average Bonchev–Trinajstić information content (AvgIpc) is 3.16. The minimum absolute atomic E-state index is 0.00119. The molecule has 2 atom stereocenters. The Kier molecular flexibility index (Phi) is 3.56. The Morgan fingerprint density at radius 1 is 1.26 bits per heavy atom. The highest BCUT2D eigenvalue weighted by atomic mass is 16.5. The van der Waals surface area contributed by atoms with Crippen molar-refractivity contribution in [1.29, 1.82) is 0 Å². The maximum atomic E-state index is 12.0. The number of rotatable bonds is 4. The summed E-state index contributed by atoms with van der Waals surface area (Å²) >= 11 is 0. The number of nitrogens with zero attached hydrogens (tertiary/aromatic N) is 1. The molecule has 1 saturated carbocycles. The van der Waals surface area contributed by atoms with E-state index >= 15 is 0 Å². The molecule has 0 bridgehead atoms. The predicted molar refractivity (Wildman–Crippen MR) is 73.9 cm³/mol. The molecule has 1 aliphatic heterocycles. The van der Waals surface area contributed by atoms with Gasteiger partial charge in [-0.15, -0.1) is 0 Å². The van der Waals surface area contributed by atoms with Crippen molar-refractivity contribution in [3.8, 4) is 0 Å². The van der Waals surface area contributed by atoms with Gasteiger partial charge in [-0.05, 0) is 43.2 Å². The maximum Gasteiger partial charge on any atom is 0.323 e. The van der Waals surface area contributed by atoms with Gasteiger partial charge in [-0.25, -0.2) is 0 Å². The summed E-state index contributed by atoms with van der Waals surface area (Å²) in [5.74, 6) is 1.05. The molecule has 3 rings (SSSR count). The van der Waals surface area contributed by atoms with E-state index in [9.17, 15) is 4.79 Å². The van der Waals surface area contributed by atoms with Gasteiger partial charge in [0.05, 0.1) is 7.11 Å². The van der Waals surface area contributed by atoms with Crippen LogP contribution in [0.5, 0.6) is 0 Å². The molecule has 1 saturated heterocycles. The summed E-state index contributed by atoms with van der Waals surface area (Å²) in [6.07, 6.45) is 3.49. The third-order valence-corrected chi connectivity index (χ3v) is 4.40. The topological polar surface area (TPSA) is 29.5 Å². The van der Waals surface area contributed by atoms with Crippen molar-refractivity contribution in [1.82, 2.24) is 4.90 Å². The molecule has 0 amide bonds. The monoisotopic (exact) mass is 259 g/mol. The average molecular weight is 259 g/mol. The van der Waals surface area contributed by atoms with Gasteiger partial charge in [0, 0.05) is 6.54 Å². The number of methoxy groups -OCH3 is 1. The molecule has 3 nitrogen and oxygen atoms in total. The number of hydrogen-bond acceptors (Lipinski definition) is 3. The predicted octanol–water partition coefficient (Wildman–Crippen LogP) is 2.43. The third kappa shape index (κ3) is 2.66. The van der Waals surface area contributed by atoms with E-state index in [1.165, 1.54) is 25.5 Å². The number of benzene rings is 1. The zero-order valence-electron chi connectivity index (χ0n) is 11.4.